The molecule has 0 aromatic carbocycles. The summed E-state index contributed by atoms with van der Waals surface area (Å²) in [4.78, 5) is 7.94. The molecule has 1 rings (SSSR count). The van der Waals surface area contributed by atoms with Crippen molar-refractivity contribution >= 4 is 5.82 Å². The number of nitrogen functional groups attached to an aromatic ring is 1. The largest absolute Gasteiger partial charge is 0.384 e. The minimum atomic E-state index is 0.472. The summed E-state index contributed by atoms with van der Waals surface area (Å²) in [6, 6.07) is 1.83. The molecule has 2 N–H and O–H groups in total. The maximum absolute atomic E-state index is 5.50. The van der Waals surface area contributed by atoms with Crippen LogP contribution in [0.5, 0.6) is 0 Å². The van der Waals surface area contributed by atoms with Gasteiger partial charge >= 0.3 is 0 Å². The van der Waals surface area contributed by atoms with E-state index in [9.17, 15) is 0 Å². The van der Waals surface area contributed by atoms with E-state index in [1.807, 2.05) is 6.07 Å². The van der Waals surface area contributed by atoms with Crippen LogP contribution in [0.1, 0.15) is 31.9 Å². The van der Waals surface area contributed by atoms with Crippen LogP contribution >= 0.6 is 0 Å². The van der Waals surface area contributed by atoms with E-state index in [1.54, 1.807) is 0 Å². The first-order chi connectivity index (χ1) is 5.24. The number of nitrogens with two attached hydrogens (primary N) is 1. The molecule has 3 heteroatoms. The second-order valence-electron chi connectivity index (χ2n) is 2.68. The van der Waals surface area contributed by atoms with E-state index in [0.29, 0.717) is 11.7 Å². The van der Waals surface area contributed by atoms with Gasteiger partial charge in [-0.1, -0.05) is 13.8 Å². The minimum absolute atomic E-state index is 0.472. The smallest absolute Gasteiger partial charge is 0.127 e. The Bertz CT molecular complexity index is 235. The quantitative estimate of drug-likeness (QED) is 0.698. The molecule has 1 atom stereocenters. The summed E-state index contributed by atoms with van der Waals surface area (Å²) in [5.74, 6) is 1.02. The van der Waals surface area contributed by atoms with E-state index in [1.165, 1.54) is 6.33 Å². The van der Waals surface area contributed by atoms with Gasteiger partial charge in [-0.05, 0) is 12.3 Å². The summed E-state index contributed by atoms with van der Waals surface area (Å²) in [6.45, 7) is 4.25. The Morgan fingerprint density at radius 2 is 2.27 bits per heavy atom. The Balaban J connectivity index is 2.86. The molecule has 0 fully saturated rings. The lowest BCUT2D eigenvalue weighted by Crippen LogP contribution is -1.98. The molecule has 0 saturated heterocycles. The standard InChI is InChI=1S/C8H13N3/c1-3-6(2)7-4-8(9)11-5-10-7/h4-6H,3H2,1-2H3,(H2,9,10,11)/t6-/m0/s1. The Morgan fingerprint density at radius 1 is 1.55 bits per heavy atom. The van der Waals surface area contributed by atoms with Crippen LogP contribution in [0.25, 0.3) is 0 Å². The van der Waals surface area contributed by atoms with Gasteiger partial charge < -0.3 is 5.73 Å². The fraction of sp³-hybridized carbons (Fsp3) is 0.500. The van der Waals surface area contributed by atoms with E-state index in [-0.39, 0.29) is 0 Å². The van der Waals surface area contributed by atoms with Crippen LogP contribution in [-0.2, 0) is 0 Å². The molecule has 1 aromatic heterocycles. The molecule has 60 valence electrons. The van der Waals surface area contributed by atoms with E-state index in [2.05, 4.69) is 23.8 Å². The molecule has 0 bridgehead atoms. The summed E-state index contributed by atoms with van der Waals surface area (Å²) in [6.07, 6.45) is 2.59. The predicted molar refractivity (Wildman–Crippen MR) is 45.2 cm³/mol. The zero-order chi connectivity index (χ0) is 8.27. The molecule has 0 aliphatic heterocycles. The van der Waals surface area contributed by atoms with Gasteiger partial charge in [-0.2, -0.15) is 0 Å². The lowest BCUT2D eigenvalue weighted by atomic mass is 10.1. The third-order valence-corrected chi connectivity index (χ3v) is 1.83. The number of anilines is 1. The van der Waals surface area contributed by atoms with E-state index < -0.39 is 0 Å². The van der Waals surface area contributed by atoms with E-state index >= 15 is 0 Å². The predicted octanol–water partition coefficient (Wildman–Crippen LogP) is 1.57. The van der Waals surface area contributed by atoms with Crippen molar-refractivity contribution in [2.45, 2.75) is 26.2 Å². The van der Waals surface area contributed by atoms with Crippen LogP contribution in [0.2, 0.25) is 0 Å². The van der Waals surface area contributed by atoms with Crippen LogP contribution in [0.3, 0.4) is 0 Å². The van der Waals surface area contributed by atoms with Crippen molar-refractivity contribution in [2.24, 2.45) is 0 Å². The molecule has 0 aliphatic rings. The van der Waals surface area contributed by atoms with Crippen LogP contribution in [0, 0.1) is 0 Å². The second-order valence-corrected chi connectivity index (χ2v) is 2.68. The molecule has 0 amide bonds. The van der Waals surface area contributed by atoms with Crippen molar-refractivity contribution in [3.8, 4) is 0 Å². The van der Waals surface area contributed by atoms with Gasteiger partial charge in [0.2, 0.25) is 0 Å². The number of hydrogen-bond acceptors (Lipinski definition) is 3. The molecule has 11 heavy (non-hydrogen) atoms. The Labute approximate surface area is 66.7 Å². The molecule has 1 aromatic rings. The van der Waals surface area contributed by atoms with Crippen molar-refractivity contribution in [3.63, 3.8) is 0 Å². The molecular weight excluding hydrogens is 138 g/mol. The lowest BCUT2D eigenvalue weighted by molar-refractivity contribution is 0.705. The molecule has 0 radical (unpaired) electrons. The third-order valence-electron chi connectivity index (χ3n) is 1.83. The average Bonchev–Trinajstić information content (AvgIpc) is 2.03. The first kappa shape index (κ1) is 7.98. The lowest BCUT2D eigenvalue weighted by Gasteiger charge is -2.06. The second kappa shape index (κ2) is 3.32. The van der Waals surface area contributed by atoms with Crippen molar-refractivity contribution in [1.82, 2.24) is 9.97 Å². The topological polar surface area (TPSA) is 51.8 Å². The number of aromatic nitrogens is 2. The summed E-state index contributed by atoms with van der Waals surface area (Å²) in [5.41, 5.74) is 6.53. The fourth-order valence-corrected chi connectivity index (χ4v) is 0.867. The third kappa shape index (κ3) is 1.90. The summed E-state index contributed by atoms with van der Waals surface area (Å²) in [7, 11) is 0. The summed E-state index contributed by atoms with van der Waals surface area (Å²) < 4.78 is 0. The summed E-state index contributed by atoms with van der Waals surface area (Å²) >= 11 is 0. The molecule has 0 aliphatic carbocycles. The monoisotopic (exact) mass is 151 g/mol. The van der Waals surface area contributed by atoms with Gasteiger partial charge in [0.1, 0.15) is 12.1 Å². The molecule has 1 heterocycles. The highest BCUT2D eigenvalue weighted by atomic mass is 14.9. The Kier molecular flexibility index (Phi) is 2.41. The van der Waals surface area contributed by atoms with Crippen molar-refractivity contribution in [1.29, 1.82) is 0 Å². The highest BCUT2D eigenvalue weighted by Crippen LogP contribution is 2.15. The maximum Gasteiger partial charge on any atom is 0.127 e. The SMILES string of the molecule is CC[C@H](C)c1cc(N)ncn1. The minimum Gasteiger partial charge on any atom is -0.384 e. The van der Waals surface area contributed by atoms with Gasteiger partial charge in [-0.25, -0.2) is 9.97 Å². The van der Waals surface area contributed by atoms with Crippen LogP contribution in [0.15, 0.2) is 12.4 Å². The molecule has 0 unspecified atom stereocenters. The van der Waals surface area contributed by atoms with E-state index in [0.717, 1.165) is 12.1 Å². The van der Waals surface area contributed by atoms with Crippen molar-refractivity contribution in [2.75, 3.05) is 5.73 Å². The number of hydrogen-bond donors (Lipinski definition) is 1. The number of rotatable bonds is 2. The van der Waals surface area contributed by atoms with Gasteiger partial charge in [0.15, 0.2) is 0 Å². The molecular formula is C8H13N3. The average molecular weight is 151 g/mol. The highest BCUT2D eigenvalue weighted by molar-refractivity contribution is 5.29. The zero-order valence-electron chi connectivity index (χ0n) is 6.91. The van der Waals surface area contributed by atoms with Gasteiger partial charge in [0.05, 0.1) is 0 Å². The molecule has 3 nitrogen and oxygen atoms in total. The van der Waals surface area contributed by atoms with Crippen LogP contribution in [0.4, 0.5) is 5.82 Å². The zero-order valence-corrected chi connectivity index (χ0v) is 6.91. The normalized spacial score (nSPS) is 12.9. The Hall–Kier alpha value is -1.12. The first-order valence-corrected chi connectivity index (χ1v) is 3.81. The van der Waals surface area contributed by atoms with Crippen molar-refractivity contribution < 1.29 is 0 Å². The number of nitrogens with zero attached hydrogens (tertiary/aromatic N) is 2. The van der Waals surface area contributed by atoms with Crippen LogP contribution in [-0.4, -0.2) is 9.97 Å². The van der Waals surface area contributed by atoms with Crippen molar-refractivity contribution in [3.05, 3.63) is 18.1 Å². The van der Waals surface area contributed by atoms with Gasteiger partial charge in [0, 0.05) is 11.8 Å². The van der Waals surface area contributed by atoms with Crippen LogP contribution < -0.4 is 5.73 Å². The highest BCUT2D eigenvalue weighted by Gasteiger charge is 2.03. The van der Waals surface area contributed by atoms with Gasteiger partial charge in [-0.15, -0.1) is 0 Å². The first-order valence-electron chi connectivity index (χ1n) is 3.81. The van der Waals surface area contributed by atoms with Gasteiger partial charge in [0.25, 0.3) is 0 Å². The molecule has 0 spiro atoms. The maximum atomic E-state index is 5.50. The van der Waals surface area contributed by atoms with E-state index in [4.69, 9.17) is 5.73 Å². The van der Waals surface area contributed by atoms with Gasteiger partial charge in [-0.3, -0.25) is 0 Å². The fourth-order valence-electron chi connectivity index (χ4n) is 0.867. The Morgan fingerprint density at radius 3 is 2.82 bits per heavy atom. The summed E-state index contributed by atoms with van der Waals surface area (Å²) in [5, 5.41) is 0. The molecule has 0 saturated carbocycles.